The second-order valence-electron chi connectivity index (χ2n) is 9.93. The molecule has 4 rings (SSSR count). The number of likely N-dealkylation sites (tertiary alicyclic amines) is 2. The molecular weight excluding hydrogens is 438 g/mol. The van der Waals surface area contributed by atoms with Gasteiger partial charge in [0.15, 0.2) is 0 Å². The fraction of sp³-hybridized carbons (Fsp3) is 0.517. The zero-order chi connectivity index (χ0) is 24.5. The van der Waals surface area contributed by atoms with Crippen molar-refractivity contribution in [2.45, 2.75) is 45.4 Å². The Labute approximate surface area is 209 Å². The lowest BCUT2D eigenvalue weighted by Gasteiger charge is -2.35. The number of carbonyl (C=O) groups excluding carboxylic acids is 2. The number of benzene rings is 2. The molecule has 0 unspecified atom stereocenters. The number of hydrogen-bond acceptors (Lipinski definition) is 4. The highest BCUT2D eigenvalue weighted by atomic mass is 16.5. The molecule has 0 spiro atoms. The fourth-order valence-corrected chi connectivity index (χ4v) is 5.29. The van der Waals surface area contributed by atoms with Gasteiger partial charge in [-0.25, -0.2) is 9.59 Å². The molecule has 1 N–H and O–H groups in total. The monoisotopic (exact) mass is 477 g/mol. The number of ether oxygens (including phenoxy) is 1. The summed E-state index contributed by atoms with van der Waals surface area (Å²) in [6.07, 6.45) is 7.14. The molecule has 2 heterocycles. The average molecular weight is 478 g/mol. The smallest absolute Gasteiger partial charge is 0.338 e. The summed E-state index contributed by atoms with van der Waals surface area (Å²) in [7, 11) is 0. The third-order valence-corrected chi connectivity index (χ3v) is 7.45. The Morgan fingerprint density at radius 1 is 0.914 bits per heavy atom. The molecule has 0 saturated carbocycles. The zero-order valence-electron chi connectivity index (χ0n) is 21.0. The SMILES string of the molecule is CCOC(=O)c1cccc(NC(=O)N2CCC(CCN3CCC(Cc4ccccc4)CC3)CC2)c1. The van der Waals surface area contributed by atoms with Gasteiger partial charge in [-0.3, -0.25) is 0 Å². The first-order valence-electron chi connectivity index (χ1n) is 13.2. The summed E-state index contributed by atoms with van der Waals surface area (Å²) in [5.41, 5.74) is 2.54. The van der Waals surface area contributed by atoms with Gasteiger partial charge in [-0.05, 0) is 101 Å². The molecule has 2 fully saturated rings. The molecule has 0 aliphatic carbocycles. The number of rotatable bonds is 8. The van der Waals surface area contributed by atoms with Crippen LogP contribution in [0.4, 0.5) is 10.5 Å². The van der Waals surface area contributed by atoms with E-state index in [0.29, 0.717) is 23.8 Å². The summed E-state index contributed by atoms with van der Waals surface area (Å²) in [4.78, 5) is 29.2. The van der Waals surface area contributed by atoms with Crippen LogP contribution >= 0.6 is 0 Å². The van der Waals surface area contributed by atoms with Crippen LogP contribution in [0.3, 0.4) is 0 Å². The summed E-state index contributed by atoms with van der Waals surface area (Å²) in [5, 5.41) is 2.94. The first kappa shape index (κ1) is 25.2. The number of hydrogen-bond donors (Lipinski definition) is 1. The van der Waals surface area contributed by atoms with Crippen molar-refractivity contribution < 1.29 is 14.3 Å². The number of nitrogens with zero attached hydrogens (tertiary/aromatic N) is 2. The van der Waals surface area contributed by atoms with Crippen molar-refractivity contribution in [3.8, 4) is 0 Å². The van der Waals surface area contributed by atoms with Crippen LogP contribution < -0.4 is 5.32 Å². The molecule has 2 aliphatic heterocycles. The van der Waals surface area contributed by atoms with Crippen molar-refractivity contribution in [3.05, 3.63) is 65.7 Å². The van der Waals surface area contributed by atoms with E-state index in [2.05, 4.69) is 40.5 Å². The van der Waals surface area contributed by atoms with Crippen LogP contribution in [0.2, 0.25) is 0 Å². The Morgan fingerprint density at radius 2 is 1.63 bits per heavy atom. The second kappa shape index (κ2) is 12.7. The van der Waals surface area contributed by atoms with E-state index in [4.69, 9.17) is 4.74 Å². The van der Waals surface area contributed by atoms with Gasteiger partial charge in [-0.15, -0.1) is 0 Å². The van der Waals surface area contributed by atoms with Gasteiger partial charge in [0.05, 0.1) is 12.2 Å². The molecule has 188 valence electrons. The first-order chi connectivity index (χ1) is 17.1. The van der Waals surface area contributed by atoms with Crippen molar-refractivity contribution >= 4 is 17.7 Å². The Hall–Kier alpha value is -2.86. The molecule has 0 bridgehead atoms. The predicted molar refractivity (Wildman–Crippen MR) is 140 cm³/mol. The minimum Gasteiger partial charge on any atom is -0.462 e. The lowest BCUT2D eigenvalue weighted by atomic mass is 9.89. The molecular formula is C29H39N3O3. The molecule has 0 aromatic heterocycles. The van der Waals surface area contributed by atoms with Gasteiger partial charge in [0.2, 0.25) is 0 Å². The molecule has 2 aromatic rings. The van der Waals surface area contributed by atoms with Gasteiger partial charge < -0.3 is 19.9 Å². The number of piperidine rings is 2. The minimum absolute atomic E-state index is 0.0926. The topological polar surface area (TPSA) is 61.9 Å². The zero-order valence-corrected chi connectivity index (χ0v) is 21.0. The fourth-order valence-electron chi connectivity index (χ4n) is 5.29. The highest BCUT2D eigenvalue weighted by Gasteiger charge is 2.25. The normalized spacial score (nSPS) is 17.8. The third kappa shape index (κ3) is 7.56. The standard InChI is InChI=1S/C29H39N3O3/c1-2-35-28(33)26-9-6-10-27(22-26)30-29(34)32-19-14-23(15-20-32)11-16-31-17-12-25(13-18-31)21-24-7-4-3-5-8-24/h3-10,22-23,25H,2,11-21H2,1H3,(H,30,34). The predicted octanol–water partition coefficient (Wildman–Crippen LogP) is 5.45. The van der Waals surface area contributed by atoms with E-state index in [9.17, 15) is 9.59 Å². The summed E-state index contributed by atoms with van der Waals surface area (Å²) in [5.74, 6) is 1.13. The quantitative estimate of drug-likeness (QED) is 0.514. The lowest BCUT2D eigenvalue weighted by molar-refractivity contribution is 0.0526. The van der Waals surface area contributed by atoms with Crippen LogP contribution in [0.1, 0.15) is 54.9 Å². The number of carbonyl (C=O) groups is 2. The largest absolute Gasteiger partial charge is 0.462 e. The van der Waals surface area contributed by atoms with Crippen LogP contribution in [0, 0.1) is 11.8 Å². The Bertz CT molecular complexity index is 949. The molecule has 2 aromatic carbocycles. The van der Waals surface area contributed by atoms with E-state index in [-0.39, 0.29) is 12.0 Å². The minimum atomic E-state index is -0.371. The average Bonchev–Trinajstić information content (AvgIpc) is 2.89. The lowest BCUT2D eigenvalue weighted by Crippen LogP contribution is -2.42. The van der Waals surface area contributed by atoms with Crippen LogP contribution in [-0.2, 0) is 11.2 Å². The number of amides is 2. The van der Waals surface area contributed by atoms with Gasteiger partial charge in [-0.1, -0.05) is 36.4 Å². The molecule has 2 saturated heterocycles. The van der Waals surface area contributed by atoms with E-state index in [1.165, 1.54) is 50.9 Å². The maximum Gasteiger partial charge on any atom is 0.338 e. The summed E-state index contributed by atoms with van der Waals surface area (Å²) < 4.78 is 5.05. The number of esters is 1. The number of nitrogens with one attached hydrogen (secondary N) is 1. The van der Waals surface area contributed by atoms with Gasteiger partial charge in [-0.2, -0.15) is 0 Å². The van der Waals surface area contributed by atoms with Crippen molar-refractivity contribution in [3.63, 3.8) is 0 Å². The molecule has 2 aliphatic rings. The summed E-state index contributed by atoms with van der Waals surface area (Å²) in [6.45, 7) is 7.28. The number of anilines is 1. The molecule has 2 amide bonds. The second-order valence-corrected chi connectivity index (χ2v) is 9.93. The number of urea groups is 1. The molecule has 6 nitrogen and oxygen atoms in total. The van der Waals surface area contributed by atoms with Gasteiger partial charge in [0, 0.05) is 18.8 Å². The van der Waals surface area contributed by atoms with E-state index < -0.39 is 0 Å². The molecule has 35 heavy (non-hydrogen) atoms. The maximum absolute atomic E-state index is 12.7. The molecule has 6 heteroatoms. The van der Waals surface area contributed by atoms with Crippen molar-refractivity contribution in [2.75, 3.05) is 44.6 Å². The van der Waals surface area contributed by atoms with Crippen LogP contribution in [-0.4, -0.2) is 61.1 Å². The van der Waals surface area contributed by atoms with Gasteiger partial charge in [0.1, 0.15) is 0 Å². The Balaban J connectivity index is 1.14. The van der Waals surface area contributed by atoms with Gasteiger partial charge >= 0.3 is 12.0 Å². The Kier molecular flexibility index (Phi) is 9.18. The van der Waals surface area contributed by atoms with Crippen molar-refractivity contribution in [1.29, 1.82) is 0 Å². The summed E-state index contributed by atoms with van der Waals surface area (Å²) in [6, 6.07) is 17.7. The molecule has 0 radical (unpaired) electrons. The van der Waals surface area contributed by atoms with E-state index in [0.717, 1.165) is 31.8 Å². The summed E-state index contributed by atoms with van der Waals surface area (Å²) >= 11 is 0. The van der Waals surface area contributed by atoms with Crippen LogP contribution in [0.15, 0.2) is 54.6 Å². The van der Waals surface area contributed by atoms with E-state index in [1.54, 1.807) is 31.2 Å². The Morgan fingerprint density at radius 3 is 2.34 bits per heavy atom. The van der Waals surface area contributed by atoms with Crippen LogP contribution in [0.5, 0.6) is 0 Å². The van der Waals surface area contributed by atoms with Crippen molar-refractivity contribution in [1.82, 2.24) is 9.80 Å². The molecule has 0 atom stereocenters. The highest BCUT2D eigenvalue weighted by Crippen LogP contribution is 2.25. The van der Waals surface area contributed by atoms with Crippen LogP contribution in [0.25, 0.3) is 0 Å². The van der Waals surface area contributed by atoms with Gasteiger partial charge in [0.25, 0.3) is 0 Å². The van der Waals surface area contributed by atoms with E-state index >= 15 is 0 Å². The third-order valence-electron chi connectivity index (χ3n) is 7.45. The first-order valence-corrected chi connectivity index (χ1v) is 13.2. The van der Waals surface area contributed by atoms with Crippen molar-refractivity contribution in [2.24, 2.45) is 11.8 Å². The van der Waals surface area contributed by atoms with E-state index in [1.807, 2.05) is 4.90 Å². The maximum atomic E-state index is 12.7. The highest BCUT2D eigenvalue weighted by molar-refractivity contribution is 5.94.